The second-order valence-corrected chi connectivity index (χ2v) is 2.95. The fraction of sp³-hybridized carbons (Fsp3) is 0.167. The predicted octanol–water partition coefficient (Wildman–Crippen LogP) is -1.68. The summed E-state index contributed by atoms with van der Waals surface area (Å²) in [7, 11) is 16.3. The van der Waals surface area contributed by atoms with E-state index in [0.29, 0.717) is 5.65 Å². The van der Waals surface area contributed by atoms with Crippen molar-refractivity contribution in [2.45, 2.75) is 5.11 Å². The average molecular weight is 179 g/mol. The summed E-state index contributed by atoms with van der Waals surface area (Å²) in [5, 5.41) is 2.35. The number of rotatable bonds is 1. The highest BCUT2D eigenvalue weighted by Gasteiger charge is 2.18. The number of nitrogens with zero attached hydrogens (tertiary/aromatic N) is 4. The SMILES string of the molecule is [B]C([B])([B])c1nc(N)c2nccn2n1. The highest BCUT2D eigenvalue weighted by Crippen LogP contribution is 2.12. The summed E-state index contributed by atoms with van der Waals surface area (Å²) in [4.78, 5) is 7.79. The van der Waals surface area contributed by atoms with Crippen LogP contribution in [-0.2, 0) is 5.11 Å². The van der Waals surface area contributed by atoms with Gasteiger partial charge in [0.2, 0.25) is 0 Å². The van der Waals surface area contributed by atoms with Crippen LogP contribution in [0, 0.1) is 0 Å². The zero-order chi connectivity index (χ0) is 10.3. The zero-order valence-electron chi connectivity index (χ0n) is 7.25. The van der Waals surface area contributed by atoms with Crippen LogP contribution in [0.5, 0.6) is 0 Å². The molecule has 2 aromatic heterocycles. The van der Waals surface area contributed by atoms with Crippen LogP contribution in [0.2, 0.25) is 0 Å². The van der Waals surface area contributed by atoms with Crippen LogP contribution in [0.3, 0.4) is 0 Å². The molecule has 0 aliphatic heterocycles. The topological polar surface area (TPSA) is 69.1 Å². The van der Waals surface area contributed by atoms with Gasteiger partial charge < -0.3 is 5.73 Å². The number of hydrogen-bond acceptors (Lipinski definition) is 4. The number of aromatic nitrogens is 4. The van der Waals surface area contributed by atoms with Gasteiger partial charge in [0.1, 0.15) is 5.82 Å². The van der Waals surface area contributed by atoms with Gasteiger partial charge in [0.15, 0.2) is 11.5 Å². The molecule has 62 valence electrons. The Morgan fingerprint density at radius 3 is 2.71 bits per heavy atom. The zero-order valence-corrected chi connectivity index (χ0v) is 7.25. The molecular weight excluding hydrogens is 175 g/mol. The lowest BCUT2D eigenvalue weighted by Gasteiger charge is -2.17. The minimum Gasteiger partial charge on any atom is -0.380 e. The summed E-state index contributed by atoms with van der Waals surface area (Å²) in [6.45, 7) is 0. The fourth-order valence-electron chi connectivity index (χ4n) is 1.03. The van der Waals surface area contributed by atoms with E-state index in [9.17, 15) is 0 Å². The highest BCUT2D eigenvalue weighted by atomic mass is 15.3. The molecule has 8 heteroatoms. The first-order valence-electron chi connectivity index (χ1n) is 3.82. The third kappa shape index (κ3) is 1.36. The molecule has 0 fully saturated rings. The van der Waals surface area contributed by atoms with Gasteiger partial charge in [0.25, 0.3) is 0 Å². The van der Waals surface area contributed by atoms with Crippen molar-refractivity contribution in [1.29, 1.82) is 0 Å². The minimum atomic E-state index is -1.60. The van der Waals surface area contributed by atoms with Gasteiger partial charge in [-0.3, -0.25) is 0 Å². The molecular formula is C6H4B3N5. The molecule has 0 atom stereocenters. The quantitative estimate of drug-likeness (QED) is 0.530. The van der Waals surface area contributed by atoms with Crippen molar-refractivity contribution in [3.8, 4) is 0 Å². The summed E-state index contributed by atoms with van der Waals surface area (Å²) in [5.74, 6) is 0.242. The Morgan fingerprint density at radius 2 is 2.07 bits per heavy atom. The molecule has 6 radical (unpaired) electrons. The van der Waals surface area contributed by atoms with Crippen molar-refractivity contribution in [2.24, 2.45) is 0 Å². The molecule has 0 amide bonds. The normalized spacial score (nSPS) is 12.0. The molecule has 2 aromatic rings. The fourth-order valence-corrected chi connectivity index (χ4v) is 1.03. The van der Waals surface area contributed by atoms with E-state index in [1.54, 1.807) is 6.20 Å². The second kappa shape index (κ2) is 2.77. The second-order valence-electron chi connectivity index (χ2n) is 2.95. The molecule has 0 aliphatic rings. The van der Waals surface area contributed by atoms with Gasteiger partial charge >= 0.3 is 0 Å². The molecule has 14 heavy (non-hydrogen) atoms. The van der Waals surface area contributed by atoms with E-state index in [1.165, 1.54) is 10.7 Å². The van der Waals surface area contributed by atoms with Crippen LogP contribution in [0.4, 0.5) is 5.82 Å². The Hall–Kier alpha value is -1.46. The first-order chi connectivity index (χ1) is 6.48. The molecule has 2 heterocycles. The third-order valence-electron chi connectivity index (χ3n) is 1.67. The van der Waals surface area contributed by atoms with E-state index in [0.717, 1.165) is 0 Å². The lowest BCUT2D eigenvalue weighted by Crippen LogP contribution is -2.31. The maximum absolute atomic E-state index is 5.60. The van der Waals surface area contributed by atoms with Gasteiger partial charge in [-0.1, -0.05) is 5.11 Å². The largest absolute Gasteiger partial charge is 0.380 e. The van der Waals surface area contributed by atoms with Crippen molar-refractivity contribution >= 4 is 35.0 Å². The van der Waals surface area contributed by atoms with Gasteiger partial charge in [-0.15, -0.1) is 0 Å². The Kier molecular flexibility index (Phi) is 1.80. The van der Waals surface area contributed by atoms with Crippen LogP contribution in [-0.4, -0.2) is 43.1 Å². The van der Waals surface area contributed by atoms with E-state index in [4.69, 9.17) is 29.3 Å². The smallest absolute Gasteiger partial charge is 0.196 e. The van der Waals surface area contributed by atoms with Gasteiger partial charge in [-0.05, 0) is 0 Å². The summed E-state index contributed by atoms with van der Waals surface area (Å²) in [6.07, 6.45) is 3.14. The van der Waals surface area contributed by atoms with E-state index in [1.807, 2.05) is 0 Å². The standard InChI is InChI=1S/C6H4B3N5/c7-6(8,9)5-12-3(10)4-11-1-2-14(4)13-5/h1-2H,(H2,10,12,13). The van der Waals surface area contributed by atoms with Crippen LogP contribution >= 0.6 is 0 Å². The number of nitrogens with two attached hydrogens (primary N) is 1. The monoisotopic (exact) mass is 179 g/mol. The molecule has 5 nitrogen and oxygen atoms in total. The maximum Gasteiger partial charge on any atom is 0.196 e. The van der Waals surface area contributed by atoms with Crippen molar-refractivity contribution in [1.82, 2.24) is 19.6 Å². The lowest BCUT2D eigenvalue weighted by molar-refractivity contribution is 0.822. The average Bonchev–Trinajstić information content (AvgIpc) is 2.50. The molecule has 0 aromatic carbocycles. The first-order valence-corrected chi connectivity index (χ1v) is 3.82. The van der Waals surface area contributed by atoms with Crippen LogP contribution in [0.25, 0.3) is 5.65 Å². The molecule has 0 unspecified atom stereocenters. The summed E-state index contributed by atoms with van der Waals surface area (Å²) < 4.78 is 1.42. The lowest BCUT2D eigenvalue weighted by atomic mass is 9.42. The summed E-state index contributed by atoms with van der Waals surface area (Å²) >= 11 is 0. The number of nitrogen functional groups attached to an aromatic ring is 1. The molecule has 0 spiro atoms. The molecule has 2 N–H and O–H groups in total. The van der Waals surface area contributed by atoms with Crippen molar-refractivity contribution < 1.29 is 0 Å². The van der Waals surface area contributed by atoms with Crippen molar-refractivity contribution in [3.05, 3.63) is 18.2 Å². The molecule has 0 saturated carbocycles. The summed E-state index contributed by atoms with van der Waals surface area (Å²) in [5.41, 5.74) is 6.04. The predicted molar refractivity (Wildman–Crippen MR) is 54.1 cm³/mol. The Labute approximate surface area is 84.3 Å². The van der Waals surface area contributed by atoms with Crippen molar-refractivity contribution in [3.63, 3.8) is 0 Å². The van der Waals surface area contributed by atoms with E-state index in [2.05, 4.69) is 15.1 Å². The van der Waals surface area contributed by atoms with Crippen LogP contribution in [0.15, 0.2) is 12.4 Å². The highest BCUT2D eigenvalue weighted by molar-refractivity contribution is 6.58. The number of hydrogen-bond donors (Lipinski definition) is 1. The number of imidazole rings is 1. The molecule has 0 bridgehead atoms. The van der Waals surface area contributed by atoms with Gasteiger partial charge in [-0.2, -0.15) is 5.10 Å². The molecule has 0 aliphatic carbocycles. The Balaban J connectivity index is 2.70. The third-order valence-corrected chi connectivity index (χ3v) is 1.67. The minimum absolute atomic E-state index is 0.0560. The number of fused-ring (bicyclic) bond motifs is 1. The summed E-state index contributed by atoms with van der Waals surface area (Å²) in [6, 6.07) is 0. The van der Waals surface area contributed by atoms with E-state index in [-0.39, 0.29) is 11.6 Å². The Morgan fingerprint density at radius 1 is 1.36 bits per heavy atom. The first kappa shape index (κ1) is 9.11. The van der Waals surface area contributed by atoms with E-state index >= 15 is 0 Å². The van der Waals surface area contributed by atoms with Crippen LogP contribution in [0.1, 0.15) is 5.82 Å². The van der Waals surface area contributed by atoms with Crippen molar-refractivity contribution in [2.75, 3.05) is 5.73 Å². The Bertz CT molecular complexity index is 474. The van der Waals surface area contributed by atoms with Gasteiger partial charge in [-0.25, -0.2) is 14.5 Å². The van der Waals surface area contributed by atoms with Crippen LogP contribution < -0.4 is 5.73 Å². The van der Waals surface area contributed by atoms with E-state index < -0.39 is 5.11 Å². The molecule has 0 saturated heterocycles. The number of anilines is 1. The van der Waals surface area contributed by atoms with Gasteiger partial charge in [0.05, 0.1) is 23.5 Å². The van der Waals surface area contributed by atoms with Gasteiger partial charge in [0, 0.05) is 12.4 Å². The maximum atomic E-state index is 5.60. The molecule has 2 rings (SSSR count).